The highest BCUT2D eigenvalue weighted by Crippen LogP contribution is 2.28. The zero-order valence-electron chi connectivity index (χ0n) is 15.3. The van der Waals surface area contributed by atoms with E-state index in [2.05, 4.69) is 10.2 Å². The molecule has 2 aliphatic rings. The maximum absolute atomic E-state index is 12.4. The second kappa shape index (κ2) is 7.65. The quantitative estimate of drug-likeness (QED) is 0.802. The molecule has 2 saturated heterocycles. The third kappa shape index (κ3) is 3.88. The third-order valence-electron chi connectivity index (χ3n) is 4.79. The summed E-state index contributed by atoms with van der Waals surface area (Å²) in [5, 5.41) is 2.71. The van der Waals surface area contributed by atoms with E-state index in [0.717, 1.165) is 54.5 Å². The fourth-order valence-electron chi connectivity index (χ4n) is 3.15. The number of likely N-dealkylation sites (N-methyl/N-ethyl adjacent to an activating group) is 1. The Morgan fingerprint density at radius 1 is 1.21 bits per heavy atom. The molecule has 0 atom stereocenters. The van der Waals surface area contributed by atoms with Gasteiger partial charge < -0.3 is 14.2 Å². The van der Waals surface area contributed by atoms with Crippen molar-refractivity contribution >= 4 is 51.9 Å². The summed E-state index contributed by atoms with van der Waals surface area (Å²) in [4.78, 5) is 39.8. The Bertz CT molecular complexity index is 1020. The Kier molecular flexibility index (Phi) is 5.06. The molecule has 4 rings (SSSR count). The highest BCUT2D eigenvalue weighted by Gasteiger charge is 2.25. The van der Waals surface area contributed by atoms with Crippen LogP contribution in [0.5, 0.6) is 0 Å². The largest absolute Gasteiger partial charge is 0.464 e. The lowest BCUT2D eigenvalue weighted by Crippen LogP contribution is -2.46. The molecule has 1 aromatic heterocycles. The molecule has 3 amide bonds. The van der Waals surface area contributed by atoms with E-state index in [0.29, 0.717) is 10.5 Å². The molecule has 0 saturated carbocycles. The van der Waals surface area contributed by atoms with Gasteiger partial charge in [0, 0.05) is 43.2 Å². The van der Waals surface area contributed by atoms with Crippen molar-refractivity contribution in [1.82, 2.24) is 15.1 Å². The first-order chi connectivity index (χ1) is 13.5. The first-order valence-corrected chi connectivity index (χ1v) is 9.73. The van der Waals surface area contributed by atoms with E-state index in [9.17, 15) is 14.4 Å². The molecule has 0 radical (unpaired) electrons. The van der Waals surface area contributed by atoms with E-state index in [4.69, 9.17) is 4.42 Å². The van der Waals surface area contributed by atoms with Crippen LogP contribution in [0.4, 0.5) is 4.79 Å². The van der Waals surface area contributed by atoms with Gasteiger partial charge in [-0.05, 0) is 48.7 Å². The first kappa shape index (κ1) is 18.5. The van der Waals surface area contributed by atoms with Crippen molar-refractivity contribution in [2.24, 2.45) is 0 Å². The number of imide groups is 1. The summed E-state index contributed by atoms with van der Waals surface area (Å²) >= 11 is 0.881. The van der Waals surface area contributed by atoms with Crippen molar-refractivity contribution in [2.45, 2.75) is 0 Å². The molecule has 1 N–H and O–H groups in total. The Balaban J connectivity index is 1.55. The van der Waals surface area contributed by atoms with Gasteiger partial charge in [0.05, 0.1) is 11.2 Å². The molecule has 1 aromatic carbocycles. The van der Waals surface area contributed by atoms with E-state index in [1.807, 2.05) is 24.1 Å². The topological polar surface area (TPSA) is 82.9 Å². The number of carbonyl (C=O) groups excluding carboxylic acids is 3. The van der Waals surface area contributed by atoms with Gasteiger partial charge in [0.1, 0.15) is 5.58 Å². The monoisotopic (exact) mass is 397 g/mol. The van der Waals surface area contributed by atoms with Crippen molar-refractivity contribution in [2.75, 3.05) is 33.2 Å². The van der Waals surface area contributed by atoms with Crippen molar-refractivity contribution in [1.29, 1.82) is 0 Å². The van der Waals surface area contributed by atoms with Gasteiger partial charge in [-0.15, -0.1) is 0 Å². The lowest BCUT2D eigenvalue weighted by atomic mass is 10.1. The van der Waals surface area contributed by atoms with Gasteiger partial charge in [-0.1, -0.05) is 6.07 Å². The van der Waals surface area contributed by atoms with Crippen LogP contribution >= 0.6 is 11.8 Å². The Morgan fingerprint density at radius 2 is 2.00 bits per heavy atom. The van der Waals surface area contributed by atoms with Gasteiger partial charge in [-0.25, -0.2) is 0 Å². The number of thioether (sulfide) groups is 1. The minimum absolute atomic E-state index is 0.0155. The number of amides is 3. The molecule has 7 nitrogen and oxygen atoms in total. The number of hydrogen-bond donors (Lipinski definition) is 1. The van der Waals surface area contributed by atoms with Crippen LogP contribution in [0.25, 0.3) is 23.1 Å². The lowest BCUT2D eigenvalue weighted by Gasteiger charge is -2.31. The maximum atomic E-state index is 12.4. The molecule has 0 aliphatic carbocycles. The number of fused-ring (bicyclic) bond motifs is 1. The first-order valence-electron chi connectivity index (χ1n) is 8.91. The van der Waals surface area contributed by atoms with E-state index >= 15 is 0 Å². The number of furan rings is 1. The molecule has 0 spiro atoms. The van der Waals surface area contributed by atoms with Crippen LogP contribution in [0.2, 0.25) is 0 Å². The molecule has 2 aliphatic heterocycles. The molecule has 2 aromatic rings. The summed E-state index contributed by atoms with van der Waals surface area (Å²) in [6.07, 6.45) is 6.60. The van der Waals surface area contributed by atoms with Crippen molar-refractivity contribution in [3.05, 3.63) is 46.6 Å². The van der Waals surface area contributed by atoms with Crippen molar-refractivity contribution in [3.63, 3.8) is 0 Å². The molecular weight excluding hydrogens is 378 g/mol. The molecule has 2 fully saturated rings. The summed E-state index contributed by atoms with van der Waals surface area (Å²) in [6.45, 7) is 3.20. The summed E-state index contributed by atoms with van der Waals surface area (Å²) in [5.41, 5.74) is 2.26. The van der Waals surface area contributed by atoms with E-state index in [-0.39, 0.29) is 17.1 Å². The second-order valence-corrected chi connectivity index (χ2v) is 7.78. The third-order valence-corrected chi connectivity index (χ3v) is 5.60. The molecule has 0 bridgehead atoms. The minimum atomic E-state index is -0.389. The standard InChI is InChI=1S/C20H19N3O4S/c1-22-6-8-23(9-7-22)18(24)5-3-14-12-27-16-4-2-13(10-15(14)16)11-17-19(25)21-20(26)28-17/h2-5,10-12H,6-9H2,1H3,(H,21,25,26). The zero-order chi connectivity index (χ0) is 19.7. The molecular formula is C20H19N3O4S. The number of carbonyl (C=O) groups is 3. The van der Waals surface area contributed by atoms with Crippen LogP contribution in [0.15, 0.2) is 39.9 Å². The number of rotatable bonds is 3. The van der Waals surface area contributed by atoms with Gasteiger partial charge in [-0.2, -0.15) is 0 Å². The highest BCUT2D eigenvalue weighted by molar-refractivity contribution is 8.18. The fraction of sp³-hybridized carbons (Fsp3) is 0.250. The lowest BCUT2D eigenvalue weighted by molar-refractivity contribution is -0.127. The number of nitrogens with one attached hydrogen (secondary N) is 1. The predicted octanol–water partition coefficient (Wildman–Crippen LogP) is 2.54. The number of piperazine rings is 1. The van der Waals surface area contributed by atoms with Crippen molar-refractivity contribution < 1.29 is 18.8 Å². The SMILES string of the molecule is CN1CCN(C(=O)C=Cc2coc3ccc(C=C4SC(=O)NC4=O)cc23)CC1. The minimum Gasteiger partial charge on any atom is -0.464 e. The van der Waals surface area contributed by atoms with Crippen LogP contribution in [0.3, 0.4) is 0 Å². The Hall–Kier alpha value is -2.84. The summed E-state index contributed by atoms with van der Waals surface area (Å²) < 4.78 is 5.56. The van der Waals surface area contributed by atoms with Crippen molar-refractivity contribution in [3.8, 4) is 0 Å². The molecule has 8 heteroatoms. The predicted molar refractivity (Wildman–Crippen MR) is 108 cm³/mol. The molecule has 0 unspecified atom stereocenters. The van der Waals surface area contributed by atoms with Crippen LogP contribution in [-0.4, -0.2) is 60.1 Å². The van der Waals surface area contributed by atoms with Gasteiger partial charge in [-0.3, -0.25) is 19.7 Å². The molecule has 3 heterocycles. The summed E-state index contributed by atoms with van der Waals surface area (Å²) in [7, 11) is 2.05. The summed E-state index contributed by atoms with van der Waals surface area (Å²) in [6, 6.07) is 5.50. The highest BCUT2D eigenvalue weighted by atomic mass is 32.2. The van der Waals surface area contributed by atoms with Gasteiger partial charge in [0.2, 0.25) is 5.91 Å². The normalized spacial score (nSPS) is 19.9. The zero-order valence-corrected chi connectivity index (χ0v) is 16.1. The summed E-state index contributed by atoms with van der Waals surface area (Å²) in [5.74, 6) is -0.404. The molecule has 144 valence electrons. The average molecular weight is 397 g/mol. The molecule has 28 heavy (non-hydrogen) atoms. The van der Waals surface area contributed by atoms with Crippen LogP contribution in [0, 0.1) is 0 Å². The Labute approximate surface area is 166 Å². The Morgan fingerprint density at radius 3 is 2.71 bits per heavy atom. The van der Waals surface area contributed by atoms with Gasteiger partial charge >= 0.3 is 0 Å². The van der Waals surface area contributed by atoms with E-state index < -0.39 is 0 Å². The van der Waals surface area contributed by atoms with Crippen LogP contribution < -0.4 is 5.32 Å². The van der Waals surface area contributed by atoms with E-state index in [1.54, 1.807) is 30.6 Å². The number of nitrogens with zero attached hydrogens (tertiary/aromatic N) is 2. The van der Waals surface area contributed by atoms with Crippen LogP contribution in [-0.2, 0) is 9.59 Å². The van der Waals surface area contributed by atoms with E-state index in [1.165, 1.54) is 0 Å². The average Bonchev–Trinajstić information content (AvgIpc) is 3.22. The smallest absolute Gasteiger partial charge is 0.290 e. The van der Waals surface area contributed by atoms with Gasteiger partial charge in [0.15, 0.2) is 0 Å². The van der Waals surface area contributed by atoms with Crippen LogP contribution in [0.1, 0.15) is 11.1 Å². The maximum Gasteiger partial charge on any atom is 0.290 e. The number of benzene rings is 1. The fourth-order valence-corrected chi connectivity index (χ4v) is 3.83. The van der Waals surface area contributed by atoms with Gasteiger partial charge in [0.25, 0.3) is 11.1 Å². The second-order valence-electron chi connectivity index (χ2n) is 6.76. The number of hydrogen-bond acceptors (Lipinski definition) is 6.